The van der Waals surface area contributed by atoms with E-state index in [1.54, 1.807) is 11.3 Å². The lowest BCUT2D eigenvalue weighted by atomic mass is 10.3. The van der Waals surface area contributed by atoms with Gasteiger partial charge in [-0.25, -0.2) is 4.98 Å². The van der Waals surface area contributed by atoms with Gasteiger partial charge in [0, 0.05) is 6.04 Å². The topological polar surface area (TPSA) is 38.1 Å². The highest BCUT2D eigenvalue weighted by atomic mass is 32.1. The minimum atomic E-state index is 0.716. The zero-order valence-corrected chi connectivity index (χ0v) is 12.0. The van der Waals surface area contributed by atoms with Crippen molar-refractivity contribution >= 4 is 21.6 Å². The quantitative estimate of drug-likeness (QED) is 0.775. The van der Waals surface area contributed by atoms with Gasteiger partial charge in [-0.05, 0) is 37.1 Å². The normalized spacial score (nSPS) is 15.0. The van der Waals surface area contributed by atoms with Gasteiger partial charge in [-0.2, -0.15) is 0 Å². The molecule has 1 aromatic carbocycles. The number of hydrogen-bond donors (Lipinski definition) is 1. The van der Waals surface area contributed by atoms with Crippen molar-refractivity contribution in [2.45, 2.75) is 31.8 Å². The van der Waals surface area contributed by atoms with Crippen LogP contribution >= 0.6 is 11.3 Å². The van der Waals surface area contributed by atoms with Crippen LogP contribution in [0.4, 0.5) is 0 Å². The molecule has 0 bridgehead atoms. The second kappa shape index (κ2) is 5.04. The maximum atomic E-state index is 5.87. The van der Waals surface area contributed by atoms with E-state index in [4.69, 9.17) is 4.42 Å². The predicted octanol–water partition coefficient (Wildman–Crippen LogP) is 3.73. The molecule has 2 aromatic heterocycles. The van der Waals surface area contributed by atoms with Crippen molar-refractivity contribution in [3.63, 3.8) is 0 Å². The van der Waals surface area contributed by atoms with E-state index in [0.29, 0.717) is 6.04 Å². The van der Waals surface area contributed by atoms with Gasteiger partial charge in [0.25, 0.3) is 0 Å². The fourth-order valence-electron chi connectivity index (χ4n) is 2.29. The summed E-state index contributed by atoms with van der Waals surface area (Å²) in [7, 11) is 0. The monoisotopic (exact) mass is 284 g/mol. The number of thiazole rings is 1. The summed E-state index contributed by atoms with van der Waals surface area (Å²) >= 11 is 1.74. The Kier molecular flexibility index (Phi) is 3.05. The first-order valence-corrected chi connectivity index (χ1v) is 7.84. The van der Waals surface area contributed by atoms with Crippen molar-refractivity contribution in [1.29, 1.82) is 0 Å². The molecule has 4 heteroatoms. The van der Waals surface area contributed by atoms with Crippen LogP contribution in [0.3, 0.4) is 0 Å². The van der Waals surface area contributed by atoms with Crippen molar-refractivity contribution in [1.82, 2.24) is 10.3 Å². The highest BCUT2D eigenvalue weighted by Gasteiger charge is 2.20. The third-order valence-electron chi connectivity index (χ3n) is 3.52. The molecular weight excluding hydrogens is 268 g/mol. The Bertz CT molecular complexity index is 694. The molecule has 102 valence electrons. The Morgan fingerprint density at radius 3 is 2.85 bits per heavy atom. The molecule has 1 saturated carbocycles. The van der Waals surface area contributed by atoms with Crippen molar-refractivity contribution in [2.24, 2.45) is 0 Å². The fraction of sp³-hybridized carbons (Fsp3) is 0.312. The third kappa shape index (κ3) is 2.62. The summed E-state index contributed by atoms with van der Waals surface area (Å²) in [5.41, 5.74) is 1.08. The molecule has 2 heterocycles. The number of nitrogens with one attached hydrogen (secondary N) is 1. The maximum Gasteiger partial charge on any atom is 0.117 e. The first-order valence-electron chi connectivity index (χ1n) is 7.02. The molecule has 0 atom stereocenters. The molecule has 0 amide bonds. The van der Waals surface area contributed by atoms with Gasteiger partial charge in [0.1, 0.15) is 16.5 Å². The summed E-state index contributed by atoms with van der Waals surface area (Å²) in [6.45, 7) is 0.838. The molecule has 20 heavy (non-hydrogen) atoms. The zero-order valence-electron chi connectivity index (χ0n) is 11.1. The van der Waals surface area contributed by atoms with Crippen LogP contribution < -0.4 is 5.32 Å². The van der Waals surface area contributed by atoms with Gasteiger partial charge in [0.05, 0.1) is 23.2 Å². The summed E-state index contributed by atoms with van der Waals surface area (Å²) in [4.78, 5) is 4.64. The number of para-hydroxylation sites is 1. The Balaban J connectivity index is 1.47. The van der Waals surface area contributed by atoms with Crippen molar-refractivity contribution in [2.75, 3.05) is 0 Å². The second-order valence-corrected chi connectivity index (χ2v) is 6.39. The SMILES string of the molecule is c1ccc2sc(Cc3ccc(CNC4CC4)o3)nc2c1. The molecule has 0 unspecified atom stereocenters. The summed E-state index contributed by atoms with van der Waals surface area (Å²) in [5, 5.41) is 4.58. The molecule has 0 aliphatic heterocycles. The van der Waals surface area contributed by atoms with Crippen LogP contribution in [0.2, 0.25) is 0 Å². The molecule has 1 aliphatic rings. The minimum absolute atomic E-state index is 0.716. The van der Waals surface area contributed by atoms with Gasteiger partial charge in [0.2, 0.25) is 0 Å². The Hall–Kier alpha value is -1.65. The molecule has 1 fully saturated rings. The number of benzene rings is 1. The van der Waals surface area contributed by atoms with Gasteiger partial charge in [-0.15, -0.1) is 11.3 Å². The third-order valence-corrected chi connectivity index (χ3v) is 4.56. The van der Waals surface area contributed by atoms with E-state index in [2.05, 4.69) is 40.6 Å². The number of hydrogen-bond acceptors (Lipinski definition) is 4. The van der Waals surface area contributed by atoms with E-state index in [1.165, 1.54) is 17.5 Å². The molecule has 0 saturated heterocycles. The standard InChI is InChI=1S/C16H16N2OS/c1-2-4-15-14(3-1)18-16(20-15)9-12-7-8-13(19-12)10-17-11-5-6-11/h1-4,7-8,11,17H,5-6,9-10H2. The lowest BCUT2D eigenvalue weighted by Gasteiger charge is -1.98. The van der Waals surface area contributed by atoms with Crippen LogP contribution in [0.1, 0.15) is 29.4 Å². The molecule has 0 radical (unpaired) electrons. The number of furan rings is 1. The van der Waals surface area contributed by atoms with Gasteiger partial charge in [-0.1, -0.05) is 12.1 Å². The van der Waals surface area contributed by atoms with E-state index < -0.39 is 0 Å². The average molecular weight is 284 g/mol. The molecule has 4 rings (SSSR count). The van der Waals surface area contributed by atoms with Crippen LogP contribution in [0.25, 0.3) is 10.2 Å². The van der Waals surface area contributed by atoms with Crippen molar-refractivity contribution < 1.29 is 4.42 Å². The fourth-order valence-corrected chi connectivity index (χ4v) is 3.27. The number of nitrogens with zero attached hydrogens (tertiary/aromatic N) is 1. The summed E-state index contributed by atoms with van der Waals surface area (Å²) in [6, 6.07) is 13.1. The predicted molar refractivity (Wildman–Crippen MR) is 81.0 cm³/mol. The number of aromatic nitrogens is 1. The second-order valence-electron chi connectivity index (χ2n) is 5.28. The Morgan fingerprint density at radius 2 is 2.00 bits per heavy atom. The van der Waals surface area contributed by atoms with Gasteiger partial charge in [-0.3, -0.25) is 0 Å². The van der Waals surface area contributed by atoms with Gasteiger partial charge >= 0.3 is 0 Å². The Morgan fingerprint density at radius 1 is 1.15 bits per heavy atom. The van der Waals surface area contributed by atoms with Crippen LogP contribution in [0.5, 0.6) is 0 Å². The first kappa shape index (κ1) is 12.1. The lowest BCUT2D eigenvalue weighted by Crippen LogP contribution is -2.14. The first-order chi connectivity index (χ1) is 9.87. The molecular formula is C16H16N2OS. The van der Waals surface area contributed by atoms with Gasteiger partial charge < -0.3 is 9.73 Å². The van der Waals surface area contributed by atoms with E-state index in [-0.39, 0.29) is 0 Å². The molecule has 1 N–H and O–H groups in total. The summed E-state index contributed by atoms with van der Waals surface area (Å²) < 4.78 is 7.11. The minimum Gasteiger partial charge on any atom is -0.464 e. The van der Waals surface area contributed by atoms with Gasteiger partial charge in [0.15, 0.2) is 0 Å². The van der Waals surface area contributed by atoms with E-state index in [9.17, 15) is 0 Å². The van der Waals surface area contributed by atoms with Crippen molar-refractivity contribution in [3.05, 3.63) is 52.9 Å². The highest BCUT2D eigenvalue weighted by Crippen LogP contribution is 2.24. The molecule has 3 nitrogen and oxygen atoms in total. The molecule has 3 aromatic rings. The zero-order chi connectivity index (χ0) is 13.4. The van der Waals surface area contributed by atoms with Crippen LogP contribution in [-0.4, -0.2) is 11.0 Å². The summed E-state index contributed by atoms with van der Waals surface area (Å²) in [6.07, 6.45) is 3.39. The van der Waals surface area contributed by atoms with Crippen LogP contribution in [-0.2, 0) is 13.0 Å². The number of fused-ring (bicyclic) bond motifs is 1. The highest BCUT2D eigenvalue weighted by molar-refractivity contribution is 7.18. The molecule has 0 spiro atoms. The summed E-state index contributed by atoms with van der Waals surface area (Å²) in [5.74, 6) is 2.02. The van der Waals surface area contributed by atoms with E-state index in [0.717, 1.165) is 35.0 Å². The number of rotatable bonds is 5. The Labute approximate surface area is 121 Å². The maximum absolute atomic E-state index is 5.87. The van der Waals surface area contributed by atoms with E-state index >= 15 is 0 Å². The average Bonchev–Trinajstić information content (AvgIpc) is 3.04. The smallest absolute Gasteiger partial charge is 0.117 e. The largest absolute Gasteiger partial charge is 0.464 e. The van der Waals surface area contributed by atoms with Crippen molar-refractivity contribution in [3.8, 4) is 0 Å². The van der Waals surface area contributed by atoms with E-state index in [1.807, 2.05) is 6.07 Å². The van der Waals surface area contributed by atoms with Crippen LogP contribution in [0, 0.1) is 0 Å². The van der Waals surface area contributed by atoms with Crippen LogP contribution in [0.15, 0.2) is 40.8 Å². The molecule has 1 aliphatic carbocycles. The lowest BCUT2D eigenvalue weighted by molar-refractivity contribution is 0.452.